The van der Waals surface area contributed by atoms with E-state index in [0.717, 1.165) is 18.5 Å². The molecular formula is C11H17N3O2S. The fourth-order valence-corrected chi connectivity index (χ4v) is 2.46. The summed E-state index contributed by atoms with van der Waals surface area (Å²) in [5.41, 5.74) is 0.902. The predicted octanol–water partition coefficient (Wildman–Crippen LogP) is 1.73. The summed E-state index contributed by atoms with van der Waals surface area (Å²) in [6.07, 6.45) is 2.90. The van der Waals surface area contributed by atoms with Crippen molar-refractivity contribution in [1.82, 2.24) is 10.3 Å². The van der Waals surface area contributed by atoms with Crippen LogP contribution in [0.4, 0.5) is 9.93 Å². The number of nitrogens with one attached hydrogen (secondary N) is 2. The zero-order chi connectivity index (χ0) is 12.3. The zero-order valence-corrected chi connectivity index (χ0v) is 10.6. The van der Waals surface area contributed by atoms with E-state index in [-0.39, 0.29) is 18.7 Å². The van der Waals surface area contributed by atoms with Gasteiger partial charge in [0.1, 0.15) is 0 Å². The average molecular weight is 255 g/mol. The molecule has 6 heteroatoms. The van der Waals surface area contributed by atoms with Gasteiger partial charge in [0.25, 0.3) is 0 Å². The molecule has 1 atom stereocenters. The van der Waals surface area contributed by atoms with Gasteiger partial charge in [-0.25, -0.2) is 9.78 Å². The van der Waals surface area contributed by atoms with Crippen LogP contribution in [-0.2, 0) is 0 Å². The van der Waals surface area contributed by atoms with Crippen molar-refractivity contribution in [2.45, 2.75) is 32.2 Å². The number of thiazole rings is 1. The summed E-state index contributed by atoms with van der Waals surface area (Å²) < 4.78 is 0. The highest BCUT2D eigenvalue weighted by Crippen LogP contribution is 2.33. The van der Waals surface area contributed by atoms with Crippen molar-refractivity contribution in [2.75, 3.05) is 11.9 Å². The molecule has 0 saturated heterocycles. The molecule has 0 spiro atoms. The number of carbonyl (C=O) groups is 1. The molecule has 0 radical (unpaired) electrons. The normalized spacial score (nSPS) is 16.6. The van der Waals surface area contributed by atoms with E-state index in [1.54, 1.807) is 0 Å². The number of amides is 2. The molecule has 1 aromatic rings. The average Bonchev–Trinajstić information content (AvgIpc) is 3.03. The Morgan fingerprint density at radius 2 is 2.47 bits per heavy atom. The van der Waals surface area contributed by atoms with Gasteiger partial charge in [0.2, 0.25) is 0 Å². The fourth-order valence-electron chi connectivity index (χ4n) is 1.78. The summed E-state index contributed by atoms with van der Waals surface area (Å²) in [5, 5.41) is 17.0. The van der Waals surface area contributed by atoms with E-state index in [2.05, 4.69) is 15.6 Å². The predicted molar refractivity (Wildman–Crippen MR) is 67.2 cm³/mol. The number of hydrogen-bond donors (Lipinski definition) is 3. The monoisotopic (exact) mass is 255 g/mol. The van der Waals surface area contributed by atoms with Crippen LogP contribution in [0.15, 0.2) is 5.38 Å². The summed E-state index contributed by atoms with van der Waals surface area (Å²) in [4.78, 5) is 15.9. The molecule has 0 aromatic carbocycles. The number of hydrogen-bond acceptors (Lipinski definition) is 4. The minimum Gasteiger partial charge on any atom is -0.396 e. The van der Waals surface area contributed by atoms with Gasteiger partial charge in [-0.15, -0.1) is 11.3 Å². The fraction of sp³-hybridized carbons (Fsp3) is 0.636. The van der Waals surface area contributed by atoms with E-state index in [1.807, 2.05) is 12.3 Å². The molecule has 1 aliphatic rings. The number of urea groups is 1. The van der Waals surface area contributed by atoms with E-state index in [1.165, 1.54) is 11.3 Å². The first-order chi connectivity index (χ1) is 8.19. The van der Waals surface area contributed by atoms with Gasteiger partial charge in [0, 0.05) is 18.0 Å². The zero-order valence-electron chi connectivity index (χ0n) is 9.77. The lowest BCUT2D eigenvalue weighted by molar-refractivity contribution is 0.234. The lowest BCUT2D eigenvalue weighted by atomic mass is 10.1. The second kappa shape index (κ2) is 5.46. The molecule has 94 valence electrons. The minimum absolute atomic E-state index is 0.0843. The van der Waals surface area contributed by atoms with Crippen molar-refractivity contribution < 1.29 is 9.90 Å². The first-order valence-electron chi connectivity index (χ1n) is 5.79. The van der Waals surface area contributed by atoms with Crippen LogP contribution < -0.4 is 10.6 Å². The number of aromatic nitrogens is 1. The molecule has 1 fully saturated rings. The lowest BCUT2D eigenvalue weighted by Gasteiger charge is -2.16. The van der Waals surface area contributed by atoms with Gasteiger partial charge >= 0.3 is 6.03 Å². The van der Waals surface area contributed by atoms with Crippen LogP contribution in [0, 0.1) is 12.8 Å². The molecule has 1 aromatic heterocycles. The number of anilines is 1. The van der Waals surface area contributed by atoms with Crippen molar-refractivity contribution in [3.8, 4) is 0 Å². The molecule has 0 aliphatic heterocycles. The molecule has 1 aliphatic carbocycles. The van der Waals surface area contributed by atoms with Gasteiger partial charge < -0.3 is 10.4 Å². The Hall–Kier alpha value is -1.14. The molecule has 2 rings (SSSR count). The van der Waals surface area contributed by atoms with E-state index in [4.69, 9.17) is 5.11 Å². The van der Waals surface area contributed by atoms with Gasteiger partial charge in [-0.2, -0.15) is 0 Å². The molecule has 3 N–H and O–H groups in total. The van der Waals surface area contributed by atoms with Gasteiger partial charge in [0.15, 0.2) is 5.13 Å². The van der Waals surface area contributed by atoms with Crippen LogP contribution in [0.1, 0.15) is 25.0 Å². The maximum absolute atomic E-state index is 11.7. The van der Waals surface area contributed by atoms with Gasteiger partial charge in [-0.3, -0.25) is 5.32 Å². The van der Waals surface area contributed by atoms with Crippen LogP contribution in [-0.4, -0.2) is 28.8 Å². The topological polar surface area (TPSA) is 74.2 Å². The highest BCUT2D eigenvalue weighted by Gasteiger charge is 2.31. The highest BCUT2D eigenvalue weighted by atomic mass is 32.1. The molecule has 0 unspecified atom stereocenters. The molecule has 1 saturated carbocycles. The van der Waals surface area contributed by atoms with Gasteiger partial charge in [-0.05, 0) is 32.1 Å². The van der Waals surface area contributed by atoms with Crippen LogP contribution in [0.25, 0.3) is 0 Å². The largest absolute Gasteiger partial charge is 0.396 e. The van der Waals surface area contributed by atoms with E-state index in [0.29, 0.717) is 17.5 Å². The highest BCUT2D eigenvalue weighted by molar-refractivity contribution is 7.13. The second-order valence-electron chi connectivity index (χ2n) is 4.35. The Morgan fingerprint density at radius 3 is 3.00 bits per heavy atom. The Labute approximate surface area is 104 Å². The van der Waals surface area contributed by atoms with Crippen molar-refractivity contribution >= 4 is 22.5 Å². The molecule has 17 heavy (non-hydrogen) atoms. The third-order valence-corrected chi connectivity index (χ3v) is 3.66. The lowest BCUT2D eigenvalue weighted by Crippen LogP contribution is -2.39. The van der Waals surface area contributed by atoms with Crippen molar-refractivity contribution in [2.24, 2.45) is 5.92 Å². The standard InChI is InChI=1S/C11H17N3O2S/c1-7-6-17-11(12-7)14-10(16)13-9(4-5-15)8-2-3-8/h6,8-9,15H,2-5H2,1H3,(H2,12,13,14,16)/t9-/m1/s1. The van der Waals surface area contributed by atoms with E-state index in [9.17, 15) is 4.79 Å². The van der Waals surface area contributed by atoms with E-state index < -0.39 is 0 Å². The van der Waals surface area contributed by atoms with Crippen LogP contribution in [0.3, 0.4) is 0 Å². The SMILES string of the molecule is Cc1csc(NC(=O)N[C@H](CCO)C2CC2)n1. The van der Waals surface area contributed by atoms with Gasteiger partial charge in [-0.1, -0.05) is 0 Å². The summed E-state index contributed by atoms with van der Waals surface area (Å²) >= 11 is 1.41. The Bertz CT molecular complexity index is 390. The molecule has 0 bridgehead atoms. The second-order valence-corrected chi connectivity index (χ2v) is 5.21. The van der Waals surface area contributed by atoms with Crippen molar-refractivity contribution in [1.29, 1.82) is 0 Å². The first-order valence-corrected chi connectivity index (χ1v) is 6.67. The smallest absolute Gasteiger partial charge is 0.321 e. The van der Waals surface area contributed by atoms with Crippen molar-refractivity contribution in [3.05, 3.63) is 11.1 Å². The molecule has 2 amide bonds. The third-order valence-electron chi connectivity index (χ3n) is 2.79. The van der Waals surface area contributed by atoms with Crippen LogP contribution in [0.5, 0.6) is 0 Å². The number of nitrogens with zero attached hydrogens (tertiary/aromatic N) is 1. The minimum atomic E-state index is -0.232. The van der Waals surface area contributed by atoms with Crippen molar-refractivity contribution in [3.63, 3.8) is 0 Å². The number of aryl methyl sites for hydroxylation is 1. The summed E-state index contributed by atoms with van der Waals surface area (Å²) in [7, 11) is 0. The quantitative estimate of drug-likeness (QED) is 0.750. The van der Waals surface area contributed by atoms with Gasteiger partial charge in [0.05, 0.1) is 5.69 Å². The molecule has 5 nitrogen and oxygen atoms in total. The number of aliphatic hydroxyl groups is 1. The first kappa shape index (κ1) is 12.3. The summed E-state index contributed by atoms with van der Waals surface area (Å²) in [6, 6.07) is -0.147. The number of carbonyl (C=O) groups excluding carboxylic acids is 1. The Kier molecular flexibility index (Phi) is 3.96. The number of aliphatic hydroxyl groups excluding tert-OH is 1. The maximum atomic E-state index is 11.7. The Morgan fingerprint density at radius 1 is 1.71 bits per heavy atom. The Balaban J connectivity index is 1.83. The maximum Gasteiger partial charge on any atom is 0.321 e. The molecule has 1 heterocycles. The third kappa shape index (κ3) is 3.67. The van der Waals surface area contributed by atoms with E-state index >= 15 is 0 Å². The number of rotatable bonds is 5. The summed E-state index contributed by atoms with van der Waals surface area (Å²) in [6.45, 7) is 2.00. The molecular weight excluding hydrogens is 238 g/mol. The van der Waals surface area contributed by atoms with Crippen LogP contribution in [0.2, 0.25) is 0 Å². The van der Waals surface area contributed by atoms with Crippen LogP contribution >= 0.6 is 11.3 Å². The summed E-state index contributed by atoms with van der Waals surface area (Å²) in [5.74, 6) is 0.533.